The first-order valence-electron chi connectivity index (χ1n) is 14.6. The van der Waals surface area contributed by atoms with Crippen molar-refractivity contribution in [1.29, 1.82) is 0 Å². The number of alkyl halides is 3. The molecule has 1 heterocycles. The Labute approximate surface area is 248 Å². The predicted octanol–water partition coefficient (Wildman–Crippen LogP) is 6.56. The largest absolute Gasteiger partial charge is 0.339 e. The third-order valence-electron chi connectivity index (χ3n) is 10.3. The summed E-state index contributed by atoms with van der Waals surface area (Å²) in [5.41, 5.74) is 0.506. The minimum atomic E-state index is -3.40. The average Bonchev–Trinajstić information content (AvgIpc) is 3.46. The molecule has 1 aromatic heterocycles. The van der Waals surface area contributed by atoms with Gasteiger partial charge in [0.15, 0.2) is 0 Å². The number of carbonyl (C=O) groups is 1. The summed E-state index contributed by atoms with van der Waals surface area (Å²) in [6, 6.07) is 14.7. The fraction of sp³-hybridized carbons (Fsp3) is 0.516. The third-order valence-corrected chi connectivity index (χ3v) is 10.9. The molecule has 6 fully saturated rings. The van der Waals surface area contributed by atoms with E-state index in [9.17, 15) is 26.4 Å². The Morgan fingerprint density at radius 1 is 1.00 bits per heavy atom. The molecule has 1 N–H and O–H groups in total. The van der Waals surface area contributed by atoms with Crippen LogP contribution in [-0.4, -0.2) is 42.9 Å². The van der Waals surface area contributed by atoms with Gasteiger partial charge < -0.3 is 9.42 Å². The van der Waals surface area contributed by atoms with Crippen molar-refractivity contribution in [2.45, 2.75) is 75.3 Å². The van der Waals surface area contributed by atoms with E-state index in [0.717, 1.165) is 42.3 Å². The lowest BCUT2D eigenvalue weighted by atomic mass is 9.41. The van der Waals surface area contributed by atoms with E-state index in [1.54, 1.807) is 12.1 Å². The molecule has 4 bridgehead atoms. The summed E-state index contributed by atoms with van der Waals surface area (Å²) >= 11 is 0. The molecule has 0 radical (unpaired) electrons. The van der Waals surface area contributed by atoms with E-state index in [0.29, 0.717) is 31.5 Å². The van der Waals surface area contributed by atoms with Gasteiger partial charge in [0.05, 0.1) is 11.7 Å². The quantitative estimate of drug-likeness (QED) is 0.293. The number of amides is 1. The maximum atomic E-state index is 14.5. The highest BCUT2D eigenvalue weighted by atomic mass is 32.2. The van der Waals surface area contributed by atoms with Crippen LogP contribution in [0.4, 0.5) is 24.5 Å². The molecule has 0 saturated heterocycles. The van der Waals surface area contributed by atoms with Crippen LogP contribution in [0.3, 0.4) is 0 Å². The molecule has 2 aromatic carbocycles. The second kappa shape index (κ2) is 9.54. The van der Waals surface area contributed by atoms with Gasteiger partial charge >= 0.3 is 6.43 Å². The number of aromatic nitrogens is 2. The Balaban J connectivity index is 1.15. The van der Waals surface area contributed by atoms with Crippen LogP contribution in [0.5, 0.6) is 0 Å². The predicted molar refractivity (Wildman–Crippen MR) is 154 cm³/mol. The molecular formula is C31H33F3N4O4S. The van der Waals surface area contributed by atoms with Crippen molar-refractivity contribution >= 4 is 27.3 Å². The molecule has 43 heavy (non-hydrogen) atoms. The van der Waals surface area contributed by atoms with E-state index in [2.05, 4.69) is 14.9 Å². The van der Waals surface area contributed by atoms with Gasteiger partial charge in [-0.1, -0.05) is 29.4 Å². The highest BCUT2D eigenvalue weighted by Crippen LogP contribution is 2.70. The maximum Gasteiger partial charge on any atom is 0.300 e. The third kappa shape index (κ3) is 4.91. The fourth-order valence-corrected chi connectivity index (χ4v) is 8.52. The highest BCUT2D eigenvalue weighted by Gasteiger charge is 2.73. The number of fused-ring (bicyclic) bond motifs is 3. The summed E-state index contributed by atoms with van der Waals surface area (Å²) in [4.78, 5) is 20.0. The van der Waals surface area contributed by atoms with Crippen molar-refractivity contribution in [2.24, 2.45) is 10.8 Å². The van der Waals surface area contributed by atoms with Crippen LogP contribution < -0.4 is 9.62 Å². The van der Waals surface area contributed by atoms with Gasteiger partial charge in [0.1, 0.15) is 5.67 Å². The SMILES string of the molecule is CS(=O)(=O)Nc1ccc(-c2cccc(N(CC34CCC(c5nc(C(F)F)no5)(CC3)CC4)C(=O)C34CC(F)(C3)C4)c2)cc1. The average molecular weight is 615 g/mol. The standard InChI is InChI=1S/C31H33F3N4O4S/c1-43(40,41)37-22-7-5-20(6-8-22)21-3-2-4-23(15-21)38(27(39)30-16-31(34,17-30)18-30)19-28-9-12-29(13-10-28,14-11-28)26-35-25(24(32)33)36-42-26/h2-8,15,24,37H,9-14,16-19H2,1H3. The molecule has 228 valence electrons. The van der Waals surface area contributed by atoms with Crippen molar-refractivity contribution in [2.75, 3.05) is 22.4 Å². The van der Waals surface area contributed by atoms with Crippen LogP contribution in [0.2, 0.25) is 0 Å². The van der Waals surface area contributed by atoms with E-state index in [4.69, 9.17) is 4.52 Å². The Bertz CT molecular complexity index is 1650. The lowest BCUT2D eigenvalue weighted by molar-refractivity contribution is -0.211. The minimum absolute atomic E-state index is 0.0351. The van der Waals surface area contributed by atoms with Crippen molar-refractivity contribution in [3.8, 4) is 11.1 Å². The smallest absolute Gasteiger partial charge is 0.300 e. The zero-order valence-corrected chi connectivity index (χ0v) is 24.6. The van der Waals surface area contributed by atoms with Crippen LogP contribution in [0.15, 0.2) is 53.1 Å². The molecule has 9 rings (SSSR count). The lowest BCUT2D eigenvalue weighted by Gasteiger charge is -2.65. The molecule has 12 heteroatoms. The molecule has 6 saturated carbocycles. The molecule has 6 aliphatic carbocycles. The van der Waals surface area contributed by atoms with Crippen LogP contribution in [0.25, 0.3) is 11.1 Å². The van der Waals surface area contributed by atoms with Crippen molar-refractivity contribution in [3.63, 3.8) is 0 Å². The number of nitrogens with one attached hydrogen (secondary N) is 1. The van der Waals surface area contributed by atoms with Crippen LogP contribution in [0, 0.1) is 10.8 Å². The number of hydrogen-bond acceptors (Lipinski definition) is 6. The molecule has 8 nitrogen and oxygen atoms in total. The molecular weight excluding hydrogens is 581 g/mol. The summed E-state index contributed by atoms with van der Waals surface area (Å²) in [5, 5.41) is 3.49. The highest BCUT2D eigenvalue weighted by molar-refractivity contribution is 7.92. The van der Waals surface area contributed by atoms with E-state index in [1.165, 1.54) is 0 Å². The van der Waals surface area contributed by atoms with Crippen LogP contribution in [-0.2, 0) is 20.2 Å². The van der Waals surface area contributed by atoms with Gasteiger partial charge in [0.25, 0.3) is 0 Å². The lowest BCUT2D eigenvalue weighted by Crippen LogP contribution is -2.71. The molecule has 1 amide bonds. The maximum absolute atomic E-state index is 14.5. The van der Waals surface area contributed by atoms with E-state index < -0.39 is 38.8 Å². The summed E-state index contributed by atoms with van der Waals surface area (Å²) in [5.74, 6) is -0.322. The zero-order valence-electron chi connectivity index (χ0n) is 23.8. The number of hydrogen-bond donors (Lipinski definition) is 1. The molecule has 0 aliphatic heterocycles. The Morgan fingerprint density at radius 2 is 1.65 bits per heavy atom. The molecule has 0 unspecified atom stereocenters. The Hall–Kier alpha value is -3.41. The number of rotatable bonds is 9. The van der Waals surface area contributed by atoms with Gasteiger partial charge in [-0.2, -0.15) is 4.98 Å². The number of benzene rings is 2. The van der Waals surface area contributed by atoms with Gasteiger partial charge in [-0.15, -0.1) is 0 Å². The summed E-state index contributed by atoms with van der Waals surface area (Å²) < 4.78 is 71.8. The Morgan fingerprint density at radius 3 is 2.21 bits per heavy atom. The van der Waals surface area contributed by atoms with Gasteiger partial charge in [-0.3, -0.25) is 9.52 Å². The first-order valence-corrected chi connectivity index (χ1v) is 16.5. The minimum Gasteiger partial charge on any atom is -0.339 e. The zero-order chi connectivity index (χ0) is 30.3. The number of anilines is 2. The number of halogens is 3. The van der Waals surface area contributed by atoms with Crippen molar-refractivity contribution in [1.82, 2.24) is 10.1 Å². The fourth-order valence-electron chi connectivity index (χ4n) is 7.95. The normalized spacial score (nSPS) is 30.9. The number of carbonyl (C=O) groups excluding carboxylic acids is 1. The van der Waals surface area contributed by atoms with E-state index in [1.807, 2.05) is 41.3 Å². The van der Waals surface area contributed by atoms with Crippen molar-refractivity contribution < 1.29 is 30.9 Å². The molecule has 3 aromatic rings. The topological polar surface area (TPSA) is 105 Å². The number of sulfonamides is 1. The van der Waals surface area contributed by atoms with E-state index in [-0.39, 0.29) is 36.5 Å². The van der Waals surface area contributed by atoms with Gasteiger partial charge in [-0.05, 0) is 98.6 Å². The van der Waals surface area contributed by atoms with Gasteiger partial charge in [0, 0.05) is 23.3 Å². The summed E-state index contributed by atoms with van der Waals surface area (Å²) in [6.07, 6.45) is 3.63. The first-order chi connectivity index (χ1) is 20.3. The number of nitrogens with zero attached hydrogens (tertiary/aromatic N) is 3. The Kier molecular flexibility index (Phi) is 6.30. The monoisotopic (exact) mass is 614 g/mol. The first kappa shape index (κ1) is 28.4. The second-order valence-corrected chi connectivity index (χ2v) is 15.1. The van der Waals surface area contributed by atoms with Crippen molar-refractivity contribution in [3.05, 3.63) is 60.2 Å². The van der Waals surface area contributed by atoms with Gasteiger partial charge in [-0.25, -0.2) is 21.6 Å². The summed E-state index contributed by atoms with van der Waals surface area (Å²) in [7, 11) is -3.40. The van der Waals surface area contributed by atoms with Gasteiger partial charge in [0.2, 0.25) is 27.6 Å². The van der Waals surface area contributed by atoms with Crippen LogP contribution >= 0.6 is 0 Å². The molecule has 0 spiro atoms. The van der Waals surface area contributed by atoms with Crippen LogP contribution in [0.1, 0.15) is 75.9 Å². The molecule has 6 aliphatic rings. The second-order valence-electron chi connectivity index (χ2n) is 13.4. The molecule has 0 atom stereocenters. The summed E-state index contributed by atoms with van der Waals surface area (Å²) in [6.45, 7) is 0.496. The van der Waals surface area contributed by atoms with E-state index >= 15 is 0 Å².